The molecule has 0 aliphatic heterocycles. The highest BCUT2D eigenvalue weighted by Gasteiger charge is 2.09. The Kier molecular flexibility index (Phi) is 2.37. The van der Waals surface area contributed by atoms with Crippen molar-refractivity contribution in [2.24, 2.45) is 0 Å². The molecule has 0 amide bonds. The third kappa shape index (κ3) is 1.68. The van der Waals surface area contributed by atoms with Crippen LogP contribution in [0.15, 0.2) is 18.6 Å². The molecule has 0 aromatic carbocycles. The zero-order valence-electron chi connectivity index (χ0n) is 8.81. The Hall–Kier alpha value is -1.91. The molecule has 0 radical (unpaired) electrons. The van der Waals surface area contributed by atoms with E-state index in [2.05, 4.69) is 15.1 Å². The first-order valence-corrected chi connectivity index (χ1v) is 4.84. The fourth-order valence-corrected chi connectivity index (χ4v) is 1.49. The maximum absolute atomic E-state index is 5.78. The van der Waals surface area contributed by atoms with Gasteiger partial charge in [-0.2, -0.15) is 5.10 Å². The van der Waals surface area contributed by atoms with Crippen molar-refractivity contribution < 1.29 is 0 Å². The fourth-order valence-electron chi connectivity index (χ4n) is 1.49. The van der Waals surface area contributed by atoms with Gasteiger partial charge in [-0.15, -0.1) is 0 Å². The Labute approximate surface area is 88.0 Å². The summed E-state index contributed by atoms with van der Waals surface area (Å²) in [7, 11) is 0. The molecule has 2 N–H and O–H groups in total. The molecule has 0 bridgehead atoms. The van der Waals surface area contributed by atoms with E-state index in [-0.39, 0.29) is 0 Å². The molecule has 2 heterocycles. The molecule has 0 unspecified atom stereocenters. The summed E-state index contributed by atoms with van der Waals surface area (Å²) < 4.78 is 1.73. The van der Waals surface area contributed by atoms with Crippen molar-refractivity contribution in [3.8, 4) is 5.82 Å². The minimum absolute atomic E-state index is 0.524. The van der Waals surface area contributed by atoms with Crippen molar-refractivity contribution in [3.63, 3.8) is 0 Å². The van der Waals surface area contributed by atoms with Gasteiger partial charge in [-0.05, 0) is 19.4 Å². The third-order valence-corrected chi connectivity index (χ3v) is 2.25. The molecule has 0 saturated carbocycles. The van der Waals surface area contributed by atoms with Gasteiger partial charge in [0.2, 0.25) is 0 Å². The number of aryl methyl sites for hydroxylation is 1. The second-order valence-electron chi connectivity index (χ2n) is 3.32. The Morgan fingerprint density at radius 3 is 2.80 bits per heavy atom. The Morgan fingerprint density at radius 2 is 2.20 bits per heavy atom. The topological polar surface area (TPSA) is 69.6 Å². The Balaban J connectivity index is 2.57. The molecule has 0 spiro atoms. The van der Waals surface area contributed by atoms with E-state index in [4.69, 9.17) is 5.73 Å². The molecule has 15 heavy (non-hydrogen) atoms. The maximum Gasteiger partial charge on any atom is 0.161 e. The molecule has 0 saturated heterocycles. The lowest BCUT2D eigenvalue weighted by Gasteiger charge is -2.07. The zero-order valence-corrected chi connectivity index (χ0v) is 8.81. The van der Waals surface area contributed by atoms with E-state index in [1.54, 1.807) is 4.68 Å². The van der Waals surface area contributed by atoms with Crippen LogP contribution in [-0.4, -0.2) is 19.7 Å². The van der Waals surface area contributed by atoms with Crippen LogP contribution in [0.3, 0.4) is 0 Å². The lowest BCUT2D eigenvalue weighted by Crippen LogP contribution is -2.07. The fraction of sp³-hybridized carbons (Fsp3) is 0.300. The molecule has 0 aliphatic rings. The maximum atomic E-state index is 5.78. The van der Waals surface area contributed by atoms with Crippen molar-refractivity contribution >= 4 is 5.82 Å². The highest BCUT2D eigenvalue weighted by molar-refractivity contribution is 5.48. The minimum Gasteiger partial charge on any atom is -0.383 e. The molecule has 2 rings (SSSR count). The van der Waals surface area contributed by atoms with E-state index in [0.29, 0.717) is 5.82 Å². The van der Waals surface area contributed by atoms with Gasteiger partial charge < -0.3 is 5.73 Å². The van der Waals surface area contributed by atoms with Crippen molar-refractivity contribution in [1.82, 2.24) is 19.7 Å². The second-order valence-corrected chi connectivity index (χ2v) is 3.32. The van der Waals surface area contributed by atoms with E-state index >= 15 is 0 Å². The summed E-state index contributed by atoms with van der Waals surface area (Å²) in [6, 6.07) is 1.93. The van der Waals surface area contributed by atoms with Crippen molar-refractivity contribution in [1.29, 1.82) is 0 Å². The number of nitrogens with two attached hydrogens (primary N) is 1. The first kappa shape index (κ1) is 9.64. The lowest BCUT2D eigenvalue weighted by atomic mass is 10.2. The third-order valence-electron chi connectivity index (χ3n) is 2.25. The summed E-state index contributed by atoms with van der Waals surface area (Å²) in [4.78, 5) is 8.17. The summed E-state index contributed by atoms with van der Waals surface area (Å²) in [5, 5.41) is 4.30. The normalized spacial score (nSPS) is 10.5. The molecular formula is C10H13N5. The lowest BCUT2D eigenvalue weighted by molar-refractivity contribution is 0.808. The van der Waals surface area contributed by atoms with Crippen LogP contribution < -0.4 is 5.73 Å². The van der Waals surface area contributed by atoms with Crippen LogP contribution in [0.4, 0.5) is 5.82 Å². The second kappa shape index (κ2) is 3.68. The molecule has 0 aliphatic carbocycles. The highest BCUT2D eigenvalue weighted by atomic mass is 15.3. The quantitative estimate of drug-likeness (QED) is 0.793. The molecule has 2 aromatic heterocycles. The van der Waals surface area contributed by atoms with Crippen LogP contribution in [0.25, 0.3) is 5.82 Å². The highest BCUT2D eigenvalue weighted by Crippen LogP contribution is 2.16. The monoisotopic (exact) mass is 203 g/mol. The number of anilines is 1. The first-order chi connectivity index (χ1) is 7.22. The number of hydrogen-bond donors (Lipinski definition) is 1. The van der Waals surface area contributed by atoms with Crippen LogP contribution in [-0.2, 0) is 6.42 Å². The van der Waals surface area contributed by atoms with Gasteiger partial charge in [-0.1, -0.05) is 6.92 Å². The van der Waals surface area contributed by atoms with Gasteiger partial charge in [-0.3, -0.25) is 0 Å². The summed E-state index contributed by atoms with van der Waals surface area (Å²) in [6.07, 6.45) is 4.12. The van der Waals surface area contributed by atoms with E-state index in [1.807, 2.05) is 26.1 Å². The summed E-state index contributed by atoms with van der Waals surface area (Å²) in [6.45, 7) is 3.96. The predicted octanol–water partition coefficient (Wildman–Crippen LogP) is 1.12. The van der Waals surface area contributed by atoms with E-state index in [0.717, 1.165) is 23.5 Å². The number of hydrogen-bond acceptors (Lipinski definition) is 4. The Morgan fingerprint density at radius 1 is 1.40 bits per heavy atom. The van der Waals surface area contributed by atoms with Crippen LogP contribution in [0, 0.1) is 6.92 Å². The van der Waals surface area contributed by atoms with Crippen molar-refractivity contribution in [3.05, 3.63) is 29.8 Å². The van der Waals surface area contributed by atoms with Crippen LogP contribution in [0.5, 0.6) is 0 Å². The zero-order chi connectivity index (χ0) is 10.8. The van der Waals surface area contributed by atoms with Gasteiger partial charge in [0.25, 0.3) is 0 Å². The Bertz CT molecular complexity index is 474. The average molecular weight is 203 g/mol. The van der Waals surface area contributed by atoms with Gasteiger partial charge in [0.1, 0.15) is 12.1 Å². The van der Waals surface area contributed by atoms with Crippen molar-refractivity contribution in [2.45, 2.75) is 20.3 Å². The number of rotatable bonds is 2. The molecule has 2 aromatic rings. The minimum atomic E-state index is 0.524. The molecular weight excluding hydrogens is 190 g/mol. The summed E-state index contributed by atoms with van der Waals surface area (Å²) >= 11 is 0. The molecule has 0 atom stereocenters. The summed E-state index contributed by atoms with van der Waals surface area (Å²) in [5.74, 6) is 1.29. The van der Waals surface area contributed by atoms with Crippen LogP contribution >= 0.6 is 0 Å². The number of aromatic nitrogens is 4. The van der Waals surface area contributed by atoms with Gasteiger partial charge in [0.05, 0.1) is 5.69 Å². The van der Waals surface area contributed by atoms with Gasteiger partial charge in [0, 0.05) is 11.8 Å². The molecule has 78 valence electrons. The standard InChI is InChI=1S/C10H13N5/c1-3-8-9(11)12-6-13-10(8)15-5-4-7(2)14-15/h4-6H,3H2,1-2H3,(H2,11,12,13). The predicted molar refractivity (Wildman–Crippen MR) is 57.7 cm³/mol. The molecule has 0 fully saturated rings. The van der Waals surface area contributed by atoms with Gasteiger partial charge in [0.15, 0.2) is 5.82 Å². The van der Waals surface area contributed by atoms with Gasteiger partial charge >= 0.3 is 0 Å². The molecule has 5 heteroatoms. The van der Waals surface area contributed by atoms with Crippen LogP contribution in [0.2, 0.25) is 0 Å². The summed E-state index contributed by atoms with van der Waals surface area (Å²) in [5.41, 5.74) is 7.67. The van der Waals surface area contributed by atoms with E-state index in [1.165, 1.54) is 6.33 Å². The number of nitrogen functional groups attached to an aromatic ring is 1. The van der Waals surface area contributed by atoms with E-state index in [9.17, 15) is 0 Å². The molecule has 5 nitrogen and oxygen atoms in total. The van der Waals surface area contributed by atoms with Crippen molar-refractivity contribution in [2.75, 3.05) is 5.73 Å². The number of nitrogens with zero attached hydrogens (tertiary/aromatic N) is 4. The first-order valence-electron chi connectivity index (χ1n) is 4.84. The smallest absolute Gasteiger partial charge is 0.161 e. The van der Waals surface area contributed by atoms with Crippen LogP contribution in [0.1, 0.15) is 18.2 Å². The average Bonchev–Trinajstić information content (AvgIpc) is 2.64. The SMILES string of the molecule is CCc1c(N)ncnc1-n1ccc(C)n1. The largest absolute Gasteiger partial charge is 0.383 e. The van der Waals surface area contributed by atoms with Gasteiger partial charge in [-0.25, -0.2) is 14.6 Å². The van der Waals surface area contributed by atoms with E-state index < -0.39 is 0 Å².